The van der Waals surface area contributed by atoms with E-state index < -0.39 is 11.9 Å². The second kappa shape index (κ2) is 7.44. The lowest BCUT2D eigenvalue weighted by Crippen LogP contribution is -2.56. The summed E-state index contributed by atoms with van der Waals surface area (Å²) in [5.41, 5.74) is 1.39. The Hall–Kier alpha value is -3.19. The zero-order valence-electron chi connectivity index (χ0n) is 15.0. The molecule has 1 aliphatic rings. The largest absolute Gasteiger partial charge is 0.497 e. The number of carbonyl (C=O) groups excluding carboxylic acids is 2. The van der Waals surface area contributed by atoms with Crippen LogP contribution in [0.4, 0.5) is 15.8 Å². The molecule has 0 spiro atoms. The molecule has 1 atom stereocenters. The number of halogens is 1. The average Bonchev–Trinajstić information content (AvgIpc) is 3.24. The van der Waals surface area contributed by atoms with Crippen LogP contribution in [0, 0.1) is 5.82 Å². The molecule has 28 heavy (non-hydrogen) atoms. The van der Waals surface area contributed by atoms with Crippen LogP contribution in [-0.2, 0) is 9.59 Å². The van der Waals surface area contributed by atoms with Gasteiger partial charge in [0.25, 0.3) is 5.91 Å². The highest BCUT2D eigenvalue weighted by atomic mass is 32.1. The lowest BCUT2D eigenvalue weighted by molar-refractivity contribution is -0.128. The Morgan fingerprint density at radius 1 is 1.07 bits per heavy atom. The van der Waals surface area contributed by atoms with Crippen molar-refractivity contribution >= 4 is 34.5 Å². The standard InChI is InChI=1S/C21H17FN2O3S/c1-27-16-8-6-15(7-9-16)24-19(25)12-23(18-5-3-2-4-17(18)22)21(26)20(24)14-10-11-28-13-14/h2-11,13,20H,12H2,1H3/t20-/m1/s1. The van der Waals surface area contributed by atoms with Gasteiger partial charge in [-0.2, -0.15) is 11.3 Å². The van der Waals surface area contributed by atoms with E-state index >= 15 is 0 Å². The molecule has 2 heterocycles. The van der Waals surface area contributed by atoms with Crippen molar-refractivity contribution in [1.82, 2.24) is 0 Å². The number of methoxy groups -OCH3 is 1. The molecule has 0 aliphatic carbocycles. The Labute approximate surface area is 165 Å². The maximum absolute atomic E-state index is 14.3. The highest BCUT2D eigenvalue weighted by molar-refractivity contribution is 7.08. The highest BCUT2D eigenvalue weighted by Gasteiger charge is 2.42. The number of hydrogen-bond acceptors (Lipinski definition) is 4. The SMILES string of the molecule is COc1ccc(N2C(=O)CN(c3ccccc3F)C(=O)[C@H]2c2ccsc2)cc1. The number of benzene rings is 2. The number of thiophene rings is 1. The molecule has 1 aliphatic heterocycles. The topological polar surface area (TPSA) is 49.9 Å². The van der Waals surface area contributed by atoms with E-state index in [4.69, 9.17) is 4.74 Å². The minimum Gasteiger partial charge on any atom is -0.497 e. The number of piperazine rings is 1. The number of hydrogen-bond donors (Lipinski definition) is 0. The molecular formula is C21H17FN2O3S. The summed E-state index contributed by atoms with van der Waals surface area (Å²) in [5.74, 6) is -0.520. The summed E-state index contributed by atoms with van der Waals surface area (Å²) in [6.07, 6.45) is 0. The van der Waals surface area contributed by atoms with E-state index in [1.807, 2.05) is 16.8 Å². The first-order chi connectivity index (χ1) is 13.6. The third kappa shape index (κ3) is 3.14. The predicted molar refractivity (Wildman–Crippen MR) is 106 cm³/mol. The molecule has 7 heteroatoms. The van der Waals surface area contributed by atoms with Crippen LogP contribution in [0.1, 0.15) is 11.6 Å². The van der Waals surface area contributed by atoms with Crippen molar-refractivity contribution in [2.75, 3.05) is 23.5 Å². The number of nitrogens with zero attached hydrogens (tertiary/aromatic N) is 2. The van der Waals surface area contributed by atoms with E-state index in [-0.39, 0.29) is 24.0 Å². The number of anilines is 2. The van der Waals surface area contributed by atoms with Gasteiger partial charge in [-0.3, -0.25) is 19.4 Å². The fourth-order valence-electron chi connectivity index (χ4n) is 3.32. The van der Waals surface area contributed by atoms with Gasteiger partial charge in [0.1, 0.15) is 24.2 Å². The van der Waals surface area contributed by atoms with Crippen LogP contribution in [0.25, 0.3) is 0 Å². The minimum absolute atomic E-state index is 0.107. The zero-order chi connectivity index (χ0) is 19.7. The van der Waals surface area contributed by atoms with E-state index in [1.54, 1.807) is 43.5 Å². The highest BCUT2D eigenvalue weighted by Crippen LogP contribution is 2.36. The molecule has 0 unspecified atom stereocenters. The fraction of sp³-hybridized carbons (Fsp3) is 0.143. The molecule has 0 bridgehead atoms. The first-order valence-electron chi connectivity index (χ1n) is 8.64. The Morgan fingerprint density at radius 3 is 2.46 bits per heavy atom. The number of para-hydroxylation sites is 1. The maximum atomic E-state index is 14.3. The van der Waals surface area contributed by atoms with Crippen LogP contribution < -0.4 is 14.5 Å². The van der Waals surface area contributed by atoms with Gasteiger partial charge in [-0.15, -0.1) is 0 Å². The smallest absolute Gasteiger partial charge is 0.255 e. The normalized spacial score (nSPS) is 17.1. The quantitative estimate of drug-likeness (QED) is 0.669. The van der Waals surface area contributed by atoms with Crippen molar-refractivity contribution in [3.8, 4) is 5.75 Å². The lowest BCUT2D eigenvalue weighted by Gasteiger charge is -2.40. The molecule has 4 rings (SSSR count). The summed E-state index contributed by atoms with van der Waals surface area (Å²) in [7, 11) is 1.56. The Kier molecular flexibility index (Phi) is 4.83. The van der Waals surface area contributed by atoms with Gasteiger partial charge < -0.3 is 4.74 Å². The molecule has 0 N–H and O–H groups in total. The van der Waals surface area contributed by atoms with Crippen molar-refractivity contribution in [3.05, 3.63) is 76.7 Å². The van der Waals surface area contributed by atoms with Crippen molar-refractivity contribution in [1.29, 1.82) is 0 Å². The van der Waals surface area contributed by atoms with Gasteiger partial charge in [0.2, 0.25) is 5.91 Å². The van der Waals surface area contributed by atoms with Crippen LogP contribution in [0.3, 0.4) is 0 Å². The van der Waals surface area contributed by atoms with E-state index in [0.717, 1.165) is 0 Å². The summed E-state index contributed by atoms with van der Waals surface area (Å²) >= 11 is 1.44. The first kappa shape index (κ1) is 18.2. The van der Waals surface area contributed by atoms with Crippen LogP contribution in [-0.4, -0.2) is 25.5 Å². The summed E-state index contributed by atoms with van der Waals surface area (Å²) in [6, 6.07) is 13.9. The Morgan fingerprint density at radius 2 is 1.82 bits per heavy atom. The van der Waals surface area contributed by atoms with Crippen LogP contribution >= 0.6 is 11.3 Å². The molecule has 1 fully saturated rings. The lowest BCUT2D eigenvalue weighted by atomic mass is 10.0. The molecule has 1 saturated heterocycles. The van der Waals surface area contributed by atoms with Gasteiger partial charge in [-0.05, 0) is 58.8 Å². The van der Waals surface area contributed by atoms with Gasteiger partial charge in [0.05, 0.1) is 12.8 Å². The van der Waals surface area contributed by atoms with E-state index in [2.05, 4.69) is 0 Å². The van der Waals surface area contributed by atoms with Crippen molar-refractivity contribution in [2.24, 2.45) is 0 Å². The molecule has 3 aromatic rings. The molecule has 0 saturated carbocycles. The minimum atomic E-state index is -0.861. The summed E-state index contributed by atoms with van der Waals surface area (Å²) in [4.78, 5) is 29.1. The summed E-state index contributed by atoms with van der Waals surface area (Å²) < 4.78 is 19.5. The molecule has 2 amide bonds. The van der Waals surface area contributed by atoms with Gasteiger partial charge in [-0.25, -0.2) is 4.39 Å². The van der Waals surface area contributed by atoms with Gasteiger partial charge in [-0.1, -0.05) is 12.1 Å². The molecule has 5 nitrogen and oxygen atoms in total. The number of ether oxygens (including phenoxy) is 1. The molecule has 0 radical (unpaired) electrons. The third-order valence-electron chi connectivity index (χ3n) is 4.67. The Bertz CT molecular complexity index is 1000. The monoisotopic (exact) mass is 396 g/mol. The summed E-state index contributed by atoms with van der Waals surface area (Å²) in [6.45, 7) is -0.230. The van der Waals surface area contributed by atoms with Crippen LogP contribution in [0.15, 0.2) is 65.4 Å². The van der Waals surface area contributed by atoms with Gasteiger partial charge in [0, 0.05) is 5.69 Å². The van der Waals surface area contributed by atoms with Gasteiger partial charge >= 0.3 is 0 Å². The van der Waals surface area contributed by atoms with Crippen molar-refractivity contribution in [2.45, 2.75) is 6.04 Å². The summed E-state index contributed by atoms with van der Waals surface area (Å²) in [5, 5.41) is 3.68. The fourth-order valence-corrected chi connectivity index (χ4v) is 4.00. The molecule has 142 valence electrons. The molecule has 1 aromatic heterocycles. The van der Waals surface area contributed by atoms with E-state index in [0.29, 0.717) is 17.0 Å². The van der Waals surface area contributed by atoms with Gasteiger partial charge in [0.15, 0.2) is 0 Å². The van der Waals surface area contributed by atoms with Crippen LogP contribution in [0.5, 0.6) is 5.75 Å². The third-order valence-corrected chi connectivity index (χ3v) is 5.37. The zero-order valence-corrected chi connectivity index (χ0v) is 15.9. The molecule has 2 aromatic carbocycles. The second-order valence-corrected chi connectivity index (χ2v) is 7.08. The predicted octanol–water partition coefficient (Wildman–Crippen LogP) is 4.02. The first-order valence-corrected chi connectivity index (χ1v) is 9.58. The average molecular weight is 396 g/mol. The maximum Gasteiger partial charge on any atom is 0.255 e. The Balaban J connectivity index is 1.78. The second-order valence-electron chi connectivity index (χ2n) is 6.30. The number of carbonyl (C=O) groups is 2. The number of amides is 2. The van der Waals surface area contributed by atoms with Crippen molar-refractivity contribution < 1.29 is 18.7 Å². The number of rotatable bonds is 4. The van der Waals surface area contributed by atoms with E-state index in [9.17, 15) is 14.0 Å². The van der Waals surface area contributed by atoms with Crippen LogP contribution in [0.2, 0.25) is 0 Å². The van der Waals surface area contributed by atoms with E-state index in [1.165, 1.54) is 33.3 Å². The molecular weight excluding hydrogens is 379 g/mol. The van der Waals surface area contributed by atoms with Crippen molar-refractivity contribution in [3.63, 3.8) is 0 Å².